The second-order valence-electron chi connectivity index (χ2n) is 5.51. The smallest absolute Gasteiger partial charge is 0.0322 e. The summed E-state index contributed by atoms with van der Waals surface area (Å²) in [6.07, 6.45) is 8.07. The molecule has 2 rings (SSSR count). The molecular weight excluding hydrogens is 218 g/mol. The topological polar surface area (TPSA) is 12.0 Å². The molecule has 0 aromatic heterocycles. The van der Waals surface area contributed by atoms with Gasteiger partial charge in [-0.05, 0) is 42.9 Å². The maximum absolute atomic E-state index is 3.68. The Kier molecular flexibility index (Phi) is 5.25. The summed E-state index contributed by atoms with van der Waals surface area (Å²) in [5, 5.41) is 3.68. The van der Waals surface area contributed by atoms with Crippen LogP contribution in [-0.4, -0.2) is 6.54 Å². The molecule has 1 heteroatoms. The summed E-state index contributed by atoms with van der Waals surface area (Å²) < 4.78 is 0. The minimum atomic E-state index is 0.562. The molecule has 1 nitrogen and oxygen atoms in total. The first-order valence-corrected chi connectivity index (χ1v) is 7.69. The molecule has 1 aliphatic rings. The second kappa shape index (κ2) is 6.94. The second-order valence-corrected chi connectivity index (χ2v) is 5.51. The molecule has 1 aromatic rings. The summed E-state index contributed by atoms with van der Waals surface area (Å²) >= 11 is 0. The van der Waals surface area contributed by atoms with Crippen molar-refractivity contribution in [1.82, 2.24) is 5.32 Å². The van der Waals surface area contributed by atoms with Gasteiger partial charge in [-0.15, -0.1) is 0 Å². The van der Waals surface area contributed by atoms with Gasteiger partial charge in [0, 0.05) is 6.04 Å². The molecule has 0 radical (unpaired) electrons. The monoisotopic (exact) mass is 245 g/mol. The average Bonchev–Trinajstić information content (AvgIpc) is 2.33. The quantitative estimate of drug-likeness (QED) is 0.728. The van der Waals surface area contributed by atoms with Crippen LogP contribution in [0.1, 0.15) is 75.5 Å². The van der Waals surface area contributed by atoms with Crippen molar-refractivity contribution in [2.45, 2.75) is 64.3 Å². The fourth-order valence-electron chi connectivity index (χ4n) is 2.94. The molecule has 0 spiro atoms. The van der Waals surface area contributed by atoms with Crippen LogP contribution in [0.4, 0.5) is 0 Å². The molecule has 1 unspecified atom stereocenters. The third-order valence-corrected chi connectivity index (χ3v) is 4.21. The summed E-state index contributed by atoms with van der Waals surface area (Å²) in [5.41, 5.74) is 3.18. The maximum atomic E-state index is 3.68. The van der Waals surface area contributed by atoms with E-state index < -0.39 is 0 Å². The van der Waals surface area contributed by atoms with Gasteiger partial charge in [-0.2, -0.15) is 0 Å². The van der Waals surface area contributed by atoms with Crippen LogP contribution in [-0.2, 0) is 0 Å². The number of hydrogen-bond acceptors (Lipinski definition) is 1. The van der Waals surface area contributed by atoms with E-state index in [1.165, 1.54) is 38.5 Å². The van der Waals surface area contributed by atoms with Crippen LogP contribution >= 0.6 is 0 Å². The molecule has 0 bridgehead atoms. The van der Waals surface area contributed by atoms with E-state index >= 15 is 0 Å². The molecule has 1 fully saturated rings. The lowest BCUT2D eigenvalue weighted by Gasteiger charge is -2.31. The zero-order chi connectivity index (χ0) is 12.8. The predicted octanol–water partition coefficient (Wildman–Crippen LogP) is 4.79. The standard InChI is InChI=1S/C17H27N/c1-3-5-13-17(18-4-2)16-12-7-6-11-15(16)14-9-8-10-14/h6-7,11-12,14,17-18H,3-5,8-10,13H2,1-2H3. The number of nitrogens with one attached hydrogen (secondary N) is 1. The van der Waals surface area contributed by atoms with Crippen molar-refractivity contribution in [3.05, 3.63) is 35.4 Å². The van der Waals surface area contributed by atoms with E-state index in [0.717, 1.165) is 12.5 Å². The molecule has 0 amide bonds. The Hall–Kier alpha value is -0.820. The van der Waals surface area contributed by atoms with Gasteiger partial charge in [-0.1, -0.05) is 57.4 Å². The fraction of sp³-hybridized carbons (Fsp3) is 0.647. The number of benzene rings is 1. The Bertz CT molecular complexity index is 354. The Morgan fingerprint density at radius 1 is 1.22 bits per heavy atom. The van der Waals surface area contributed by atoms with Gasteiger partial charge >= 0.3 is 0 Å². The van der Waals surface area contributed by atoms with E-state index in [0.29, 0.717) is 6.04 Å². The normalized spacial score (nSPS) is 17.4. The Morgan fingerprint density at radius 3 is 2.61 bits per heavy atom. The molecule has 100 valence electrons. The van der Waals surface area contributed by atoms with Crippen molar-refractivity contribution < 1.29 is 0 Å². The highest BCUT2D eigenvalue weighted by molar-refractivity contribution is 5.34. The third-order valence-electron chi connectivity index (χ3n) is 4.21. The average molecular weight is 245 g/mol. The molecular formula is C17H27N. The van der Waals surface area contributed by atoms with Crippen molar-refractivity contribution in [1.29, 1.82) is 0 Å². The number of hydrogen-bond donors (Lipinski definition) is 1. The van der Waals surface area contributed by atoms with Gasteiger partial charge in [0.1, 0.15) is 0 Å². The zero-order valence-corrected chi connectivity index (χ0v) is 11.9. The van der Waals surface area contributed by atoms with Gasteiger partial charge in [0.2, 0.25) is 0 Å². The molecule has 1 atom stereocenters. The van der Waals surface area contributed by atoms with Gasteiger partial charge in [0.15, 0.2) is 0 Å². The summed E-state index contributed by atoms with van der Waals surface area (Å²) in [6.45, 7) is 5.55. The van der Waals surface area contributed by atoms with Gasteiger partial charge in [0.05, 0.1) is 0 Å². The van der Waals surface area contributed by atoms with Gasteiger partial charge in [-0.25, -0.2) is 0 Å². The predicted molar refractivity (Wildman–Crippen MR) is 79.0 cm³/mol. The first kappa shape index (κ1) is 13.6. The van der Waals surface area contributed by atoms with Crippen LogP contribution in [0.5, 0.6) is 0 Å². The van der Waals surface area contributed by atoms with Crippen LogP contribution in [0.3, 0.4) is 0 Å². The van der Waals surface area contributed by atoms with Crippen molar-refractivity contribution in [3.63, 3.8) is 0 Å². The minimum Gasteiger partial charge on any atom is -0.310 e. The zero-order valence-electron chi connectivity index (χ0n) is 11.9. The Labute approximate surface area is 112 Å². The lowest BCUT2D eigenvalue weighted by molar-refractivity contribution is 0.408. The Morgan fingerprint density at radius 2 is 2.00 bits per heavy atom. The highest BCUT2D eigenvalue weighted by Gasteiger charge is 2.24. The van der Waals surface area contributed by atoms with Crippen molar-refractivity contribution in [3.8, 4) is 0 Å². The van der Waals surface area contributed by atoms with Crippen LogP contribution in [0.2, 0.25) is 0 Å². The van der Waals surface area contributed by atoms with Gasteiger partial charge in [-0.3, -0.25) is 0 Å². The SMILES string of the molecule is CCCCC(NCC)c1ccccc1C1CCC1. The minimum absolute atomic E-state index is 0.562. The lowest BCUT2D eigenvalue weighted by atomic mass is 9.77. The molecule has 1 aromatic carbocycles. The van der Waals surface area contributed by atoms with E-state index in [1.54, 1.807) is 11.1 Å². The molecule has 0 saturated heterocycles. The van der Waals surface area contributed by atoms with Crippen molar-refractivity contribution in [2.75, 3.05) is 6.54 Å². The van der Waals surface area contributed by atoms with Crippen LogP contribution in [0.25, 0.3) is 0 Å². The summed E-state index contributed by atoms with van der Waals surface area (Å²) in [6, 6.07) is 9.67. The first-order valence-electron chi connectivity index (χ1n) is 7.69. The largest absolute Gasteiger partial charge is 0.310 e. The van der Waals surface area contributed by atoms with E-state index in [-0.39, 0.29) is 0 Å². The van der Waals surface area contributed by atoms with Crippen LogP contribution in [0, 0.1) is 0 Å². The summed E-state index contributed by atoms with van der Waals surface area (Å²) in [5.74, 6) is 0.837. The molecule has 1 aliphatic carbocycles. The van der Waals surface area contributed by atoms with Crippen molar-refractivity contribution in [2.24, 2.45) is 0 Å². The van der Waals surface area contributed by atoms with Crippen LogP contribution in [0.15, 0.2) is 24.3 Å². The first-order chi connectivity index (χ1) is 8.86. The van der Waals surface area contributed by atoms with E-state index in [2.05, 4.69) is 43.4 Å². The third kappa shape index (κ3) is 3.14. The summed E-state index contributed by atoms with van der Waals surface area (Å²) in [7, 11) is 0. The van der Waals surface area contributed by atoms with E-state index in [1.807, 2.05) is 0 Å². The van der Waals surface area contributed by atoms with E-state index in [4.69, 9.17) is 0 Å². The van der Waals surface area contributed by atoms with Gasteiger partial charge in [0.25, 0.3) is 0 Å². The molecule has 1 saturated carbocycles. The molecule has 1 N–H and O–H groups in total. The highest BCUT2D eigenvalue weighted by atomic mass is 14.9. The molecule has 0 heterocycles. The number of unbranched alkanes of at least 4 members (excludes halogenated alkanes) is 1. The molecule has 0 aliphatic heterocycles. The summed E-state index contributed by atoms with van der Waals surface area (Å²) in [4.78, 5) is 0. The fourth-order valence-corrected chi connectivity index (χ4v) is 2.94. The van der Waals surface area contributed by atoms with E-state index in [9.17, 15) is 0 Å². The lowest BCUT2D eigenvalue weighted by Crippen LogP contribution is -2.23. The number of rotatable bonds is 7. The van der Waals surface area contributed by atoms with Gasteiger partial charge < -0.3 is 5.32 Å². The highest BCUT2D eigenvalue weighted by Crippen LogP contribution is 2.40. The van der Waals surface area contributed by atoms with Crippen LogP contribution < -0.4 is 5.32 Å². The molecule has 18 heavy (non-hydrogen) atoms. The maximum Gasteiger partial charge on any atom is 0.0322 e. The Balaban J connectivity index is 2.16. The van der Waals surface area contributed by atoms with Crippen molar-refractivity contribution >= 4 is 0 Å².